The van der Waals surface area contributed by atoms with Crippen molar-refractivity contribution in [3.8, 4) is 5.88 Å². The van der Waals surface area contributed by atoms with Crippen LogP contribution >= 0.6 is 0 Å². The Morgan fingerprint density at radius 3 is 1.14 bits per heavy atom. The van der Waals surface area contributed by atoms with Crippen molar-refractivity contribution in [1.82, 2.24) is 24.6 Å². The first-order valence-electron chi connectivity index (χ1n) is 26.8. The SMILES string of the molecule is COc1ccc(C(O)c2ccc(C[C@H]3OC(=O)[C@H](CC(C)C)N(C)C(=O)[C@@H](C)OC(=O)[C@H](CC(C)C)N(C)C(=O)[C@@H](Cc4ccccc4)OC(=O)[C@H](CC(C)C)N(C)C(=O)[C@@H](C)OC(=O)[C@H](CC(C)C)N(C)C3=O)cc2)cn1. The molecule has 428 valence electrons. The number of likely N-dealkylation sites (N-methyl/N-ethyl adjacent to an activating group) is 4. The van der Waals surface area contributed by atoms with Gasteiger partial charge in [0, 0.05) is 58.9 Å². The molecule has 1 saturated heterocycles. The third-order valence-corrected chi connectivity index (χ3v) is 13.7. The van der Waals surface area contributed by atoms with Crippen molar-refractivity contribution in [3.05, 3.63) is 95.2 Å². The summed E-state index contributed by atoms with van der Waals surface area (Å²) in [5.41, 5.74) is 2.13. The van der Waals surface area contributed by atoms with Crippen molar-refractivity contribution in [1.29, 1.82) is 0 Å². The number of hydrogen-bond acceptors (Lipinski definition) is 15. The number of aliphatic hydroxyl groups is 1. The summed E-state index contributed by atoms with van der Waals surface area (Å²) < 4.78 is 29.1. The van der Waals surface area contributed by atoms with Crippen molar-refractivity contribution in [2.24, 2.45) is 23.7 Å². The molecule has 2 heterocycles. The Bertz CT molecular complexity index is 2490. The molecule has 1 unspecified atom stereocenters. The molecule has 19 heteroatoms. The lowest BCUT2D eigenvalue weighted by atomic mass is 9.98. The Hall–Kier alpha value is -6.89. The molecule has 0 radical (unpaired) electrons. The van der Waals surface area contributed by atoms with E-state index in [2.05, 4.69) is 4.98 Å². The number of carbonyl (C=O) groups is 8. The zero-order chi connectivity index (χ0) is 58.3. The normalized spacial score (nSPS) is 23.8. The van der Waals surface area contributed by atoms with Gasteiger partial charge in [0.2, 0.25) is 5.88 Å². The Balaban J connectivity index is 1.86. The second-order valence-electron chi connectivity index (χ2n) is 22.1. The largest absolute Gasteiger partial charge is 0.481 e. The molecule has 0 spiro atoms. The topological polar surface area (TPSA) is 229 Å². The van der Waals surface area contributed by atoms with Crippen LogP contribution in [0.25, 0.3) is 0 Å². The number of amides is 4. The Morgan fingerprint density at radius 1 is 0.474 bits per heavy atom. The van der Waals surface area contributed by atoms with E-state index in [0.29, 0.717) is 28.1 Å². The van der Waals surface area contributed by atoms with E-state index in [-0.39, 0.29) is 62.2 Å². The van der Waals surface area contributed by atoms with Crippen LogP contribution in [0.15, 0.2) is 72.9 Å². The fraction of sp³-hybridized carbons (Fsp3) is 0.576. The average Bonchev–Trinajstić information content (AvgIpc) is 3.41. The monoisotopic (exact) mass is 1090 g/mol. The molecular weight excluding hydrogens is 1000 g/mol. The first-order valence-corrected chi connectivity index (χ1v) is 26.8. The Morgan fingerprint density at radius 2 is 0.808 bits per heavy atom. The second-order valence-corrected chi connectivity index (χ2v) is 22.1. The number of benzene rings is 2. The highest BCUT2D eigenvalue weighted by Crippen LogP contribution is 2.27. The first-order chi connectivity index (χ1) is 36.6. The number of ether oxygens (including phenoxy) is 5. The zero-order valence-electron chi connectivity index (χ0n) is 48.2. The number of carbonyl (C=O) groups excluding carboxylic acids is 8. The predicted octanol–water partition coefficient (Wildman–Crippen LogP) is 6.15. The van der Waals surface area contributed by atoms with Gasteiger partial charge in [-0.25, -0.2) is 24.2 Å². The van der Waals surface area contributed by atoms with Crippen molar-refractivity contribution in [2.75, 3.05) is 35.3 Å². The highest BCUT2D eigenvalue weighted by molar-refractivity contribution is 5.94. The van der Waals surface area contributed by atoms with Crippen molar-refractivity contribution >= 4 is 47.5 Å². The Kier molecular flexibility index (Phi) is 23.8. The van der Waals surface area contributed by atoms with Gasteiger partial charge in [0.25, 0.3) is 23.6 Å². The van der Waals surface area contributed by atoms with E-state index in [1.54, 1.807) is 66.7 Å². The maximum absolute atomic E-state index is 15.0. The molecule has 3 aromatic rings. The van der Waals surface area contributed by atoms with Gasteiger partial charge in [0.1, 0.15) is 30.3 Å². The molecule has 1 aromatic heterocycles. The molecule has 1 aliphatic rings. The fourth-order valence-electron chi connectivity index (χ4n) is 9.23. The molecule has 1 aliphatic heterocycles. The standard InChI is InChI=1S/C59H83N5O14/c1-34(2)27-44-56(70)75-39(10)53(67)62(12)47(30-37(7)8)59(73)78-49(32-41-21-23-42(24-22-41)51(65)43-25-26-50(74-15)60-33-43)55(69)64(14)45(28-35(3)4)57(71)76-38(9)52(66)61(11)46(29-36(5)6)58(72)77-48(54(68)63(44)13)31-40-19-17-16-18-20-40/h16-26,33-39,44-49,51,65H,27-32H2,1-15H3/t38-,39-,44+,45+,46+,47+,48-,49-,51?/m1/s1. The summed E-state index contributed by atoms with van der Waals surface area (Å²) in [7, 11) is 6.97. The van der Waals surface area contributed by atoms with Crippen LogP contribution in [0.2, 0.25) is 0 Å². The van der Waals surface area contributed by atoms with Crippen molar-refractivity contribution < 1.29 is 67.1 Å². The van der Waals surface area contributed by atoms with Crippen molar-refractivity contribution in [2.45, 2.75) is 162 Å². The lowest BCUT2D eigenvalue weighted by Gasteiger charge is -2.35. The third kappa shape index (κ3) is 17.6. The molecule has 19 nitrogen and oxygen atoms in total. The number of cyclic esters (lactones) is 4. The predicted molar refractivity (Wildman–Crippen MR) is 290 cm³/mol. The smallest absolute Gasteiger partial charge is 0.329 e. The minimum atomic E-state index is -1.60. The first kappa shape index (κ1) is 63.6. The van der Waals surface area contributed by atoms with E-state index in [9.17, 15) is 43.5 Å². The number of aliphatic hydroxyl groups excluding tert-OH is 1. The van der Waals surface area contributed by atoms with Gasteiger partial charge in [-0.3, -0.25) is 19.2 Å². The molecule has 0 saturated carbocycles. The number of hydrogen-bond donors (Lipinski definition) is 1. The average molecular weight is 1090 g/mol. The number of nitrogens with zero attached hydrogens (tertiary/aromatic N) is 5. The van der Waals surface area contributed by atoms with E-state index < -0.39 is 102 Å². The van der Waals surface area contributed by atoms with E-state index >= 15 is 0 Å². The van der Waals surface area contributed by atoms with Gasteiger partial charge >= 0.3 is 23.9 Å². The third-order valence-electron chi connectivity index (χ3n) is 13.7. The summed E-state index contributed by atoms with van der Waals surface area (Å²) in [5.74, 6) is -7.24. The quantitative estimate of drug-likeness (QED) is 0.133. The summed E-state index contributed by atoms with van der Waals surface area (Å²) in [6, 6.07) is 13.6. The molecule has 0 bridgehead atoms. The van der Waals surface area contributed by atoms with Gasteiger partial charge in [-0.2, -0.15) is 0 Å². The molecule has 2 aromatic carbocycles. The minimum Gasteiger partial charge on any atom is -0.481 e. The molecule has 4 amide bonds. The summed E-state index contributed by atoms with van der Waals surface area (Å²) in [6.07, 6.45) is -5.71. The number of pyridine rings is 1. The lowest BCUT2D eigenvalue weighted by Crippen LogP contribution is -2.55. The molecule has 1 fully saturated rings. The maximum atomic E-state index is 15.0. The van der Waals surface area contributed by atoms with E-state index in [1.807, 2.05) is 55.4 Å². The van der Waals surface area contributed by atoms with Gasteiger partial charge in [-0.1, -0.05) is 110 Å². The van der Waals surface area contributed by atoms with Crippen LogP contribution in [-0.2, 0) is 70.1 Å². The van der Waals surface area contributed by atoms with Gasteiger partial charge in [-0.05, 0) is 86.0 Å². The van der Waals surface area contributed by atoms with Crippen LogP contribution in [0.3, 0.4) is 0 Å². The highest BCUT2D eigenvalue weighted by Gasteiger charge is 2.43. The zero-order valence-corrected chi connectivity index (χ0v) is 48.2. The number of aromatic nitrogens is 1. The van der Waals surface area contributed by atoms with Crippen LogP contribution in [-0.4, -0.2) is 161 Å². The fourth-order valence-corrected chi connectivity index (χ4v) is 9.23. The molecule has 1 N–H and O–H groups in total. The van der Waals surface area contributed by atoms with Crippen LogP contribution < -0.4 is 4.74 Å². The molecule has 0 aliphatic carbocycles. The highest BCUT2D eigenvalue weighted by atomic mass is 16.6. The maximum Gasteiger partial charge on any atom is 0.329 e. The molecule has 4 rings (SSSR count). The van der Waals surface area contributed by atoms with Crippen LogP contribution in [0.5, 0.6) is 5.88 Å². The summed E-state index contributed by atoms with van der Waals surface area (Å²) >= 11 is 0. The summed E-state index contributed by atoms with van der Waals surface area (Å²) in [4.78, 5) is 125. The van der Waals surface area contributed by atoms with E-state index in [1.165, 1.54) is 55.3 Å². The second kappa shape index (κ2) is 29.2. The lowest BCUT2D eigenvalue weighted by molar-refractivity contribution is -0.176. The Labute approximate surface area is 460 Å². The van der Waals surface area contributed by atoms with Gasteiger partial charge in [-0.15, -0.1) is 0 Å². The molecular formula is C59H83N5O14. The van der Waals surface area contributed by atoms with Crippen LogP contribution in [0.1, 0.15) is 123 Å². The van der Waals surface area contributed by atoms with Crippen LogP contribution in [0, 0.1) is 23.7 Å². The van der Waals surface area contributed by atoms with Gasteiger partial charge in [0.05, 0.1) is 7.11 Å². The van der Waals surface area contributed by atoms with Crippen molar-refractivity contribution in [3.63, 3.8) is 0 Å². The molecule has 78 heavy (non-hydrogen) atoms. The van der Waals surface area contributed by atoms with Crippen LogP contribution in [0.4, 0.5) is 0 Å². The van der Waals surface area contributed by atoms with E-state index in [0.717, 1.165) is 19.6 Å². The van der Waals surface area contributed by atoms with E-state index in [4.69, 9.17) is 23.7 Å². The van der Waals surface area contributed by atoms with Gasteiger partial charge < -0.3 is 48.4 Å². The number of rotatable bonds is 15. The number of esters is 4. The summed E-state index contributed by atoms with van der Waals surface area (Å²) in [6.45, 7) is 17.4. The number of methoxy groups -OCH3 is 1. The summed E-state index contributed by atoms with van der Waals surface area (Å²) in [5, 5.41) is 11.2. The van der Waals surface area contributed by atoms with Gasteiger partial charge in [0.15, 0.2) is 24.4 Å². The minimum absolute atomic E-state index is 0.0563. The molecule has 9 atom stereocenters.